The standard InChI is InChI=1S/C23H23F3N4O3S/c1-22(2,32-4)10-9-18(31)13-5-8-17-16(11-13)27-20(30(17)3)29-21-28-15-7-6-14(12-19(15)34-21)33-23(24,25)26/h5-8,11-12H,9-10H2,1-4H3,(H,27,28,29). The molecule has 0 saturated heterocycles. The third kappa shape index (κ3) is 5.31. The summed E-state index contributed by atoms with van der Waals surface area (Å²) >= 11 is 1.18. The summed E-state index contributed by atoms with van der Waals surface area (Å²) in [5.41, 5.74) is 2.19. The number of benzene rings is 2. The van der Waals surface area contributed by atoms with Crippen molar-refractivity contribution in [1.29, 1.82) is 0 Å². The fourth-order valence-corrected chi connectivity index (χ4v) is 4.29. The number of imidazole rings is 1. The van der Waals surface area contributed by atoms with Crippen molar-refractivity contribution in [3.8, 4) is 5.75 Å². The summed E-state index contributed by atoms with van der Waals surface area (Å²) in [5, 5.41) is 3.58. The molecule has 11 heteroatoms. The van der Waals surface area contributed by atoms with Gasteiger partial charge >= 0.3 is 6.36 Å². The maximum atomic E-state index is 12.7. The number of carbonyl (C=O) groups is 1. The van der Waals surface area contributed by atoms with E-state index in [-0.39, 0.29) is 17.1 Å². The number of carbonyl (C=O) groups excluding carboxylic acids is 1. The molecule has 2 heterocycles. The first-order chi connectivity index (χ1) is 15.9. The molecule has 0 spiro atoms. The molecule has 2 aromatic carbocycles. The molecule has 4 rings (SSSR count). The summed E-state index contributed by atoms with van der Waals surface area (Å²) in [7, 11) is 3.45. The van der Waals surface area contributed by atoms with Crippen LogP contribution < -0.4 is 10.1 Å². The Morgan fingerprint density at radius 3 is 2.59 bits per heavy atom. The minimum absolute atomic E-state index is 0.00948. The Kier molecular flexibility index (Phi) is 6.26. The molecule has 0 radical (unpaired) electrons. The maximum Gasteiger partial charge on any atom is 0.573 e. The number of ketones is 1. The van der Waals surface area contributed by atoms with Gasteiger partial charge in [-0.1, -0.05) is 11.3 Å². The SMILES string of the molecule is COC(C)(C)CCC(=O)c1ccc2c(c1)nc(Nc1nc3ccc(OC(F)(F)F)cc3s1)n2C. The summed E-state index contributed by atoms with van der Waals surface area (Å²) in [5.74, 6) is 0.199. The largest absolute Gasteiger partial charge is 0.573 e. The van der Waals surface area contributed by atoms with Crippen LogP contribution in [0.5, 0.6) is 5.75 Å². The predicted octanol–water partition coefficient (Wildman–Crippen LogP) is 6.21. The van der Waals surface area contributed by atoms with Crippen molar-refractivity contribution < 1.29 is 27.4 Å². The van der Waals surface area contributed by atoms with Gasteiger partial charge in [0.1, 0.15) is 5.75 Å². The lowest BCUT2D eigenvalue weighted by molar-refractivity contribution is -0.274. The Bertz CT molecular complexity index is 1360. The molecule has 4 aromatic rings. The second-order valence-electron chi connectivity index (χ2n) is 8.41. The van der Waals surface area contributed by atoms with Gasteiger partial charge in [0.05, 0.1) is 26.9 Å². The summed E-state index contributed by atoms with van der Waals surface area (Å²) in [6.45, 7) is 3.87. The minimum atomic E-state index is -4.76. The van der Waals surface area contributed by atoms with Crippen molar-refractivity contribution >= 4 is 49.4 Å². The highest BCUT2D eigenvalue weighted by molar-refractivity contribution is 7.22. The number of hydrogen-bond acceptors (Lipinski definition) is 7. The number of methoxy groups -OCH3 is 1. The molecule has 0 aliphatic heterocycles. The molecule has 180 valence electrons. The first-order valence-corrected chi connectivity index (χ1v) is 11.2. The van der Waals surface area contributed by atoms with Crippen LogP contribution in [0.1, 0.15) is 37.0 Å². The third-order valence-corrected chi connectivity index (χ3v) is 6.46. The Labute approximate surface area is 197 Å². The highest BCUT2D eigenvalue weighted by Crippen LogP contribution is 2.33. The van der Waals surface area contributed by atoms with Gasteiger partial charge in [0.2, 0.25) is 5.95 Å². The number of hydrogen-bond donors (Lipinski definition) is 1. The maximum absolute atomic E-state index is 12.7. The molecule has 0 aliphatic carbocycles. The molecule has 0 atom stereocenters. The molecule has 7 nitrogen and oxygen atoms in total. The lowest BCUT2D eigenvalue weighted by Gasteiger charge is -2.22. The van der Waals surface area contributed by atoms with E-state index in [9.17, 15) is 18.0 Å². The number of aromatic nitrogens is 3. The Morgan fingerprint density at radius 2 is 1.88 bits per heavy atom. The van der Waals surface area contributed by atoms with E-state index in [1.54, 1.807) is 19.2 Å². The topological polar surface area (TPSA) is 78.3 Å². The number of Topliss-reactive ketones (excluding diaryl/α,β-unsaturated/α-hetero) is 1. The molecule has 2 aromatic heterocycles. The molecule has 0 fully saturated rings. The van der Waals surface area contributed by atoms with Crippen LogP contribution in [0.3, 0.4) is 0 Å². The van der Waals surface area contributed by atoms with E-state index < -0.39 is 6.36 Å². The number of thiazole rings is 1. The lowest BCUT2D eigenvalue weighted by atomic mass is 9.97. The van der Waals surface area contributed by atoms with E-state index in [2.05, 4.69) is 20.0 Å². The number of alkyl halides is 3. The van der Waals surface area contributed by atoms with Gasteiger partial charge in [-0.3, -0.25) is 4.79 Å². The number of aryl methyl sites for hydroxylation is 1. The van der Waals surface area contributed by atoms with Crippen LogP contribution in [0.2, 0.25) is 0 Å². The van der Waals surface area contributed by atoms with Crippen LogP contribution in [0.15, 0.2) is 36.4 Å². The van der Waals surface area contributed by atoms with Crippen molar-refractivity contribution in [2.24, 2.45) is 7.05 Å². The molecular weight excluding hydrogens is 469 g/mol. The average molecular weight is 493 g/mol. The van der Waals surface area contributed by atoms with Crippen molar-refractivity contribution in [1.82, 2.24) is 14.5 Å². The number of halogens is 3. The van der Waals surface area contributed by atoms with Crippen molar-refractivity contribution in [3.63, 3.8) is 0 Å². The Morgan fingerprint density at radius 1 is 1.12 bits per heavy atom. The van der Waals surface area contributed by atoms with Crippen LogP contribution >= 0.6 is 11.3 Å². The summed E-state index contributed by atoms with van der Waals surface area (Å²) < 4.78 is 49.2. The van der Waals surface area contributed by atoms with Gasteiger partial charge in [-0.2, -0.15) is 0 Å². The number of nitrogens with zero attached hydrogens (tertiary/aromatic N) is 3. The van der Waals surface area contributed by atoms with Gasteiger partial charge in [0.25, 0.3) is 0 Å². The van der Waals surface area contributed by atoms with Crippen LogP contribution in [-0.4, -0.2) is 39.4 Å². The molecule has 0 saturated carbocycles. The molecule has 0 aliphatic rings. The van der Waals surface area contributed by atoms with E-state index in [4.69, 9.17) is 4.74 Å². The highest BCUT2D eigenvalue weighted by atomic mass is 32.1. The monoisotopic (exact) mass is 492 g/mol. The fraction of sp³-hybridized carbons (Fsp3) is 0.348. The number of rotatable bonds is 8. The first kappa shape index (κ1) is 24.0. The van der Waals surface area contributed by atoms with E-state index >= 15 is 0 Å². The lowest BCUT2D eigenvalue weighted by Crippen LogP contribution is -2.23. The summed E-state index contributed by atoms with van der Waals surface area (Å²) in [4.78, 5) is 21.6. The molecule has 0 unspecified atom stereocenters. The van der Waals surface area contributed by atoms with Gasteiger partial charge in [0, 0.05) is 32.2 Å². The Balaban J connectivity index is 1.55. The molecule has 34 heavy (non-hydrogen) atoms. The van der Waals surface area contributed by atoms with E-state index in [1.807, 2.05) is 31.5 Å². The van der Waals surface area contributed by atoms with Crippen LogP contribution in [0.4, 0.5) is 24.3 Å². The molecule has 0 bridgehead atoms. The number of anilines is 2. The third-order valence-electron chi connectivity index (χ3n) is 5.52. The normalized spacial score (nSPS) is 12.4. The predicted molar refractivity (Wildman–Crippen MR) is 125 cm³/mol. The Hall–Kier alpha value is -3.18. The zero-order valence-electron chi connectivity index (χ0n) is 19.0. The second kappa shape index (κ2) is 8.88. The zero-order valence-corrected chi connectivity index (χ0v) is 19.8. The molecule has 1 N–H and O–H groups in total. The zero-order chi connectivity index (χ0) is 24.7. The second-order valence-corrected chi connectivity index (χ2v) is 9.44. The number of nitrogens with one attached hydrogen (secondary N) is 1. The van der Waals surface area contributed by atoms with Gasteiger partial charge in [-0.25, -0.2) is 9.97 Å². The smallest absolute Gasteiger partial charge is 0.406 e. The van der Waals surface area contributed by atoms with Crippen LogP contribution in [-0.2, 0) is 11.8 Å². The minimum Gasteiger partial charge on any atom is -0.406 e. The van der Waals surface area contributed by atoms with Crippen molar-refractivity contribution in [2.45, 2.75) is 38.7 Å². The quantitative estimate of drug-likeness (QED) is 0.295. The van der Waals surface area contributed by atoms with E-state index in [1.165, 1.54) is 29.5 Å². The molecule has 0 amide bonds. The van der Waals surface area contributed by atoms with Crippen LogP contribution in [0.25, 0.3) is 21.3 Å². The van der Waals surface area contributed by atoms with Gasteiger partial charge in [0.15, 0.2) is 10.9 Å². The number of fused-ring (bicyclic) bond motifs is 2. The van der Waals surface area contributed by atoms with Gasteiger partial charge in [-0.15, -0.1) is 13.2 Å². The highest BCUT2D eigenvalue weighted by Gasteiger charge is 2.31. The van der Waals surface area contributed by atoms with E-state index in [0.717, 1.165) is 5.52 Å². The summed E-state index contributed by atoms with van der Waals surface area (Å²) in [6.07, 6.45) is -3.80. The number of ether oxygens (including phenoxy) is 2. The molecular formula is C23H23F3N4O3S. The van der Waals surface area contributed by atoms with Gasteiger partial charge in [-0.05, 0) is 50.6 Å². The van der Waals surface area contributed by atoms with Crippen molar-refractivity contribution in [2.75, 3.05) is 12.4 Å². The van der Waals surface area contributed by atoms with Gasteiger partial charge < -0.3 is 19.4 Å². The van der Waals surface area contributed by atoms with Crippen molar-refractivity contribution in [3.05, 3.63) is 42.0 Å². The fourth-order valence-electron chi connectivity index (χ4n) is 3.40. The average Bonchev–Trinajstić information content (AvgIpc) is 3.30. The summed E-state index contributed by atoms with van der Waals surface area (Å²) in [6, 6.07) is 9.35. The van der Waals surface area contributed by atoms with Crippen LogP contribution in [0, 0.1) is 0 Å². The van der Waals surface area contributed by atoms with E-state index in [0.29, 0.717) is 45.2 Å². The first-order valence-electron chi connectivity index (χ1n) is 10.4.